The van der Waals surface area contributed by atoms with Crippen LogP contribution in [0.5, 0.6) is 5.75 Å². The second-order valence-electron chi connectivity index (χ2n) is 10.9. The van der Waals surface area contributed by atoms with Crippen LogP contribution < -0.4 is 0 Å². The molecule has 1 atom stereocenters. The van der Waals surface area contributed by atoms with Gasteiger partial charge in [0.1, 0.15) is 11.9 Å². The molecule has 176 valence electrons. The summed E-state index contributed by atoms with van der Waals surface area (Å²) in [5.74, 6) is -0.0223. The second kappa shape index (κ2) is 10.6. The number of hydrogen-bond donors (Lipinski definition) is 1. The van der Waals surface area contributed by atoms with Crippen molar-refractivity contribution in [3.63, 3.8) is 0 Å². The highest BCUT2D eigenvalue weighted by atomic mass is 16.5. The van der Waals surface area contributed by atoms with E-state index in [1.165, 1.54) is 0 Å². The monoisotopic (exact) mass is 438 g/mol. The molecular formula is C29H42O3. The Balaban J connectivity index is 2.78. The number of unbranched alkanes of at least 4 members (excludes halogenated alkanes) is 1. The zero-order valence-electron chi connectivity index (χ0n) is 21.3. The first-order valence-electron chi connectivity index (χ1n) is 12.1. The lowest BCUT2D eigenvalue weighted by molar-refractivity contribution is 0.0255. The minimum Gasteiger partial charge on any atom is -0.507 e. The minimum atomic E-state index is -0.365. The van der Waals surface area contributed by atoms with Gasteiger partial charge in [0.15, 0.2) is 0 Å². The fourth-order valence-electron chi connectivity index (χ4n) is 4.27. The summed E-state index contributed by atoms with van der Waals surface area (Å²) in [7, 11) is 0. The summed E-state index contributed by atoms with van der Waals surface area (Å²) in [5, 5.41) is 11.4. The number of carbonyl (C=O) groups is 1. The Morgan fingerprint density at radius 1 is 0.938 bits per heavy atom. The Morgan fingerprint density at radius 3 is 2.06 bits per heavy atom. The van der Waals surface area contributed by atoms with Crippen LogP contribution in [0.3, 0.4) is 0 Å². The van der Waals surface area contributed by atoms with Crippen molar-refractivity contribution in [1.82, 2.24) is 0 Å². The number of hydrogen-bond acceptors (Lipinski definition) is 3. The highest BCUT2D eigenvalue weighted by molar-refractivity contribution is 6.00. The van der Waals surface area contributed by atoms with Gasteiger partial charge in [-0.25, -0.2) is 4.79 Å². The van der Waals surface area contributed by atoms with Gasteiger partial charge in [-0.15, -0.1) is 0 Å². The third kappa shape index (κ3) is 6.15. The van der Waals surface area contributed by atoms with Crippen LogP contribution in [0.2, 0.25) is 0 Å². The molecule has 0 saturated carbocycles. The third-order valence-corrected chi connectivity index (χ3v) is 5.90. The third-order valence-electron chi connectivity index (χ3n) is 5.90. The lowest BCUT2D eigenvalue weighted by Gasteiger charge is -2.31. The van der Waals surface area contributed by atoms with Gasteiger partial charge in [-0.1, -0.05) is 105 Å². The van der Waals surface area contributed by atoms with E-state index in [0.717, 1.165) is 54.4 Å². The van der Waals surface area contributed by atoms with E-state index in [2.05, 4.69) is 55.4 Å². The zero-order chi connectivity index (χ0) is 24.1. The van der Waals surface area contributed by atoms with Crippen molar-refractivity contribution in [3.8, 4) is 16.9 Å². The molecule has 0 aliphatic rings. The van der Waals surface area contributed by atoms with Gasteiger partial charge in [0.05, 0.1) is 5.56 Å². The Labute approximate surface area is 195 Å². The average Bonchev–Trinajstić information content (AvgIpc) is 2.70. The molecule has 2 aromatic carbocycles. The fourth-order valence-corrected chi connectivity index (χ4v) is 4.27. The first kappa shape index (κ1) is 26.0. The second-order valence-corrected chi connectivity index (χ2v) is 10.9. The summed E-state index contributed by atoms with van der Waals surface area (Å²) in [6.45, 7) is 16.7. The highest BCUT2D eigenvalue weighted by Crippen LogP contribution is 2.46. The van der Waals surface area contributed by atoms with Gasteiger partial charge in [-0.05, 0) is 35.3 Å². The molecule has 0 aromatic heterocycles. The van der Waals surface area contributed by atoms with Crippen LogP contribution in [0.15, 0.2) is 36.4 Å². The molecule has 0 radical (unpaired) electrons. The normalized spacial score (nSPS) is 13.1. The van der Waals surface area contributed by atoms with Crippen LogP contribution in [0.25, 0.3) is 11.1 Å². The van der Waals surface area contributed by atoms with Gasteiger partial charge in [0, 0.05) is 16.7 Å². The Kier molecular flexibility index (Phi) is 8.56. The molecule has 0 bridgehead atoms. The van der Waals surface area contributed by atoms with Crippen LogP contribution in [-0.2, 0) is 15.6 Å². The van der Waals surface area contributed by atoms with Gasteiger partial charge in [-0.3, -0.25) is 0 Å². The van der Waals surface area contributed by atoms with Crippen molar-refractivity contribution in [2.75, 3.05) is 0 Å². The SMILES string of the molecule is CCCCC(CCC)OC(=O)c1cc(C(C)(C)C)c(O)c(C(C)(C)C)c1-c1ccccc1. The predicted octanol–water partition coefficient (Wildman–Crippen LogP) is 8.17. The molecule has 0 aliphatic heterocycles. The molecule has 3 nitrogen and oxygen atoms in total. The number of phenols is 1. The number of aromatic hydroxyl groups is 1. The quantitative estimate of drug-likeness (QED) is 0.423. The largest absolute Gasteiger partial charge is 0.507 e. The summed E-state index contributed by atoms with van der Waals surface area (Å²) in [6, 6.07) is 11.7. The van der Waals surface area contributed by atoms with Crippen LogP contribution in [-0.4, -0.2) is 17.2 Å². The standard InChI is InChI=1S/C29H42O3/c1-9-11-18-21(15-10-2)32-27(31)22-19-23(28(3,4)5)26(30)25(29(6,7)8)24(22)20-16-13-12-14-17-20/h12-14,16-17,19,21,30H,9-11,15,18H2,1-8H3. The van der Waals surface area contributed by atoms with Gasteiger partial charge < -0.3 is 9.84 Å². The number of esters is 1. The van der Waals surface area contributed by atoms with Gasteiger partial charge in [-0.2, -0.15) is 0 Å². The lowest BCUT2D eigenvalue weighted by atomic mass is 9.74. The molecule has 0 heterocycles. The highest BCUT2D eigenvalue weighted by Gasteiger charge is 2.33. The van der Waals surface area contributed by atoms with Crippen molar-refractivity contribution in [3.05, 3.63) is 53.1 Å². The van der Waals surface area contributed by atoms with Crippen LogP contribution >= 0.6 is 0 Å². The smallest absolute Gasteiger partial charge is 0.339 e. The van der Waals surface area contributed by atoms with Gasteiger partial charge in [0.2, 0.25) is 0 Å². The predicted molar refractivity (Wildman–Crippen MR) is 135 cm³/mol. The molecule has 1 N–H and O–H groups in total. The summed E-state index contributed by atoms with van der Waals surface area (Å²) < 4.78 is 6.10. The first-order valence-corrected chi connectivity index (χ1v) is 12.1. The maximum atomic E-state index is 13.7. The Morgan fingerprint density at radius 2 is 1.56 bits per heavy atom. The number of ether oxygens (including phenoxy) is 1. The number of phenolic OH excluding ortho intramolecular Hbond substituents is 1. The number of rotatable bonds is 8. The van der Waals surface area contributed by atoms with Crippen LogP contribution in [0.1, 0.15) is 109 Å². The molecule has 0 amide bonds. The summed E-state index contributed by atoms with van der Waals surface area (Å²) in [6.07, 6.45) is 4.76. The van der Waals surface area contributed by atoms with E-state index in [0.29, 0.717) is 5.56 Å². The van der Waals surface area contributed by atoms with Crippen molar-refractivity contribution in [2.45, 2.75) is 104 Å². The first-order chi connectivity index (χ1) is 14.9. The zero-order valence-corrected chi connectivity index (χ0v) is 21.3. The summed E-state index contributed by atoms with van der Waals surface area (Å²) in [5.41, 5.74) is 3.12. The van der Waals surface area contributed by atoms with E-state index in [4.69, 9.17) is 4.74 Å². The molecule has 0 aliphatic carbocycles. The van der Waals surface area contributed by atoms with Crippen molar-refractivity contribution >= 4 is 5.97 Å². The minimum absolute atomic E-state index is 0.0824. The molecule has 0 fully saturated rings. The molecule has 2 aromatic rings. The fraction of sp³-hybridized carbons (Fsp3) is 0.552. The van der Waals surface area contributed by atoms with E-state index < -0.39 is 0 Å². The molecule has 0 saturated heterocycles. The Bertz CT molecular complexity index is 899. The van der Waals surface area contributed by atoms with Crippen LogP contribution in [0.4, 0.5) is 0 Å². The maximum absolute atomic E-state index is 13.7. The molecule has 32 heavy (non-hydrogen) atoms. The Hall–Kier alpha value is -2.29. The van der Waals surface area contributed by atoms with E-state index in [-0.39, 0.29) is 28.7 Å². The topological polar surface area (TPSA) is 46.5 Å². The van der Waals surface area contributed by atoms with E-state index in [1.54, 1.807) is 0 Å². The van der Waals surface area contributed by atoms with Gasteiger partial charge in [0.25, 0.3) is 0 Å². The maximum Gasteiger partial charge on any atom is 0.339 e. The van der Waals surface area contributed by atoms with Crippen molar-refractivity contribution in [2.24, 2.45) is 0 Å². The van der Waals surface area contributed by atoms with E-state index >= 15 is 0 Å². The molecular weight excluding hydrogens is 396 g/mol. The molecule has 1 unspecified atom stereocenters. The summed E-state index contributed by atoms with van der Waals surface area (Å²) >= 11 is 0. The summed E-state index contributed by atoms with van der Waals surface area (Å²) in [4.78, 5) is 13.7. The van der Waals surface area contributed by atoms with E-state index in [9.17, 15) is 9.90 Å². The number of carbonyl (C=O) groups excluding carboxylic acids is 1. The van der Waals surface area contributed by atoms with Gasteiger partial charge >= 0.3 is 5.97 Å². The lowest BCUT2D eigenvalue weighted by Crippen LogP contribution is -2.23. The van der Waals surface area contributed by atoms with Crippen molar-refractivity contribution in [1.29, 1.82) is 0 Å². The van der Waals surface area contributed by atoms with E-state index in [1.807, 2.05) is 36.4 Å². The van der Waals surface area contributed by atoms with Crippen LogP contribution in [0, 0.1) is 0 Å². The molecule has 3 heteroatoms. The number of benzene rings is 2. The molecule has 0 spiro atoms. The molecule has 2 rings (SSSR count). The average molecular weight is 439 g/mol. The van der Waals surface area contributed by atoms with Crippen molar-refractivity contribution < 1.29 is 14.6 Å².